The fourth-order valence-corrected chi connectivity index (χ4v) is 5.40. The minimum atomic E-state index is -0.278. The summed E-state index contributed by atoms with van der Waals surface area (Å²) in [6, 6.07) is 14.0. The van der Waals surface area contributed by atoms with Crippen LogP contribution in [0.2, 0.25) is 0 Å². The first-order chi connectivity index (χ1) is 19.1. The predicted molar refractivity (Wildman–Crippen MR) is 155 cm³/mol. The number of nitriles is 1. The molecule has 2 aromatic rings. The zero-order valence-corrected chi connectivity index (χ0v) is 24.1. The molecule has 1 aromatic carbocycles. The SMILES string of the molecule is CCCCCCCCOc1ccc(-c2ccc(OC(=O)[C@H]3CC[C@@](C#N)(CCCCCCC)CC3)nn2)cc1. The molecule has 212 valence electrons. The quantitative estimate of drug-likeness (QED) is 0.149. The van der Waals surface area contributed by atoms with Gasteiger partial charge in [0.15, 0.2) is 0 Å². The molecule has 1 aromatic heterocycles. The Labute approximate surface area is 235 Å². The van der Waals surface area contributed by atoms with Crippen LogP contribution in [0.4, 0.5) is 0 Å². The van der Waals surface area contributed by atoms with Crippen LogP contribution < -0.4 is 9.47 Å². The Balaban J connectivity index is 1.41. The van der Waals surface area contributed by atoms with Gasteiger partial charge in [0.25, 0.3) is 0 Å². The van der Waals surface area contributed by atoms with E-state index in [4.69, 9.17) is 9.47 Å². The van der Waals surface area contributed by atoms with E-state index in [-0.39, 0.29) is 23.2 Å². The van der Waals surface area contributed by atoms with Crippen LogP contribution in [-0.2, 0) is 4.79 Å². The minimum Gasteiger partial charge on any atom is -0.494 e. The minimum absolute atomic E-state index is 0.183. The molecule has 1 saturated carbocycles. The maximum atomic E-state index is 12.8. The van der Waals surface area contributed by atoms with Gasteiger partial charge in [0.05, 0.1) is 29.7 Å². The standard InChI is InChI=1S/C33H47N3O3/c1-3-5-7-9-11-13-25-38-29-16-14-27(15-17-29)30-18-19-31(36-35-30)39-32(37)28-20-23-33(26-34,24-21-28)22-12-10-8-6-4-2/h14-19,28H,3-13,20-25H2,1-2H3/t28-,33-. The fourth-order valence-electron chi connectivity index (χ4n) is 5.40. The molecule has 0 radical (unpaired) electrons. The van der Waals surface area contributed by atoms with Gasteiger partial charge in [-0.1, -0.05) is 78.1 Å². The van der Waals surface area contributed by atoms with E-state index in [1.807, 2.05) is 30.3 Å². The van der Waals surface area contributed by atoms with E-state index in [2.05, 4.69) is 30.1 Å². The number of aromatic nitrogens is 2. The van der Waals surface area contributed by atoms with Crippen LogP contribution in [0.1, 0.15) is 117 Å². The summed E-state index contributed by atoms with van der Waals surface area (Å²) in [5, 5.41) is 18.2. The van der Waals surface area contributed by atoms with Crippen molar-refractivity contribution in [3.63, 3.8) is 0 Å². The number of esters is 1. The van der Waals surface area contributed by atoms with Crippen molar-refractivity contribution >= 4 is 5.97 Å². The number of unbranched alkanes of at least 4 members (excludes halogenated alkanes) is 9. The highest BCUT2D eigenvalue weighted by Gasteiger charge is 2.38. The van der Waals surface area contributed by atoms with Gasteiger partial charge in [-0.3, -0.25) is 4.79 Å². The van der Waals surface area contributed by atoms with Gasteiger partial charge in [0.1, 0.15) is 5.75 Å². The Morgan fingerprint density at radius 1 is 0.872 bits per heavy atom. The Morgan fingerprint density at radius 3 is 2.13 bits per heavy atom. The fraction of sp³-hybridized carbons (Fsp3) is 0.636. The Morgan fingerprint density at radius 2 is 1.51 bits per heavy atom. The number of rotatable bonds is 17. The average molecular weight is 534 g/mol. The summed E-state index contributed by atoms with van der Waals surface area (Å²) in [4.78, 5) is 12.8. The Kier molecular flexibility index (Phi) is 13.3. The number of nitrogens with zero attached hydrogens (tertiary/aromatic N) is 3. The Hall–Kier alpha value is -2.94. The molecular weight excluding hydrogens is 486 g/mol. The van der Waals surface area contributed by atoms with Gasteiger partial charge >= 0.3 is 5.97 Å². The molecule has 1 fully saturated rings. The van der Waals surface area contributed by atoms with E-state index in [9.17, 15) is 10.1 Å². The third-order valence-corrected chi connectivity index (χ3v) is 8.03. The molecule has 1 heterocycles. The predicted octanol–water partition coefficient (Wildman–Crippen LogP) is 8.85. The molecule has 0 amide bonds. The monoisotopic (exact) mass is 533 g/mol. The highest BCUT2D eigenvalue weighted by atomic mass is 16.5. The summed E-state index contributed by atoms with van der Waals surface area (Å²) >= 11 is 0. The van der Waals surface area contributed by atoms with E-state index in [0.29, 0.717) is 18.5 Å². The van der Waals surface area contributed by atoms with Gasteiger partial charge in [-0.25, -0.2) is 0 Å². The number of carbonyl (C=O) groups is 1. The summed E-state index contributed by atoms with van der Waals surface area (Å²) in [6.07, 6.45) is 17.3. The van der Waals surface area contributed by atoms with Gasteiger partial charge in [0, 0.05) is 11.6 Å². The molecule has 0 N–H and O–H groups in total. The first kappa shape index (κ1) is 30.6. The van der Waals surface area contributed by atoms with Gasteiger partial charge in [-0.2, -0.15) is 5.26 Å². The molecule has 3 rings (SSSR count). The number of ether oxygens (including phenoxy) is 2. The summed E-state index contributed by atoms with van der Waals surface area (Å²) < 4.78 is 11.4. The molecule has 0 saturated heterocycles. The molecule has 0 unspecified atom stereocenters. The maximum absolute atomic E-state index is 12.8. The Bertz CT molecular complexity index is 1010. The summed E-state index contributed by atoms with van der Waals surface area (Å²) in [7, 11) is 0. The lowest BCUT2D eigenvalue weighted by Gasteiger charge is -2.34. The average Bonchev–Trinajstić information content (AvgIpc) is 2.97. The van der Waals surface area contributed by atoms with Crippen LogP contribution >= 0.6 is 0 Å². The van der Waals surface area contributed by atoms with Crippen molar-refractivity contribution in [3.05, 3.63) is 36.4 Å². The van der Waals surface area contributed by atoms with E-state index >= 15 is 0 Å². The lowest BCUT2D eigenvalue weighted by Crippen LogP contribution is -2.31. The van der Waals surface area contributed by atoms with Crippen LogP contribution in [-0.4, -0.2) is 22.8 Å². The first-order valence-corrected chi connectivity index (χ1v) is 15.3. The van der Waals surface area contributed by atoms with Crippen LogP contribution in [0.3, 0.4) is 0 Å². The zero-order chi connectivity index (χ0) is 27.8. The van der Waals surface area contributed by atoms with Crippen LogP contribution in [0, 0.1) is 22.7 Å². The van der Waals surface area contributed by atoms with Crippen LogP contribution in [0.15, 0.2) is 36.4 Å². The largest absolute Gasteiger partial charge is 0.494 e. The van der Waals surface area contributed by atoms with E-state index in [1.165, 1.54) is 57.8 Å². The van der Waals surface area contributed by atoms with E-state index in [1.54, 1.807) is 6.07 Å². The smallest absolute Gasteiger partial charge is 0.315 e. The first-order valence-electron chi connectivity index (χ1n) is 15.3. The lowest BCUT2D eigenvalue weighted by atomic mass is 9.69. The van der Waals surface area contributed by atoms with Gasteiger partial charge < -0.3 is 9.47 Å². The summed E-state index contributed by atoms with van der Waals surface area (Å²) in [6.45, 7) is 5.18. The molecular formula is C33H47N3O3. The second kappa shape index (κ2) is 16.9. The van der Waals surface area contributed by atoms with Crippen molar-refractivity contribution in [1.29, 1.82) is 5.26 Å². The molecule has 0 atom stereocenters. The second-order valence-electron chi connectivity index (χ2n) is 11.1. The number of carbonyl (C=O) groups excluding carboxylic acids is 1. The third-order valence-electron chi connectivity index (χ3n) is 8.03. The van der Waals surface area contributed by atoms with E-state index in [0.717, 1.165) is 50.0 Å². The molecule has 1 aliphatic carbocycles. The van der Waals surface area contributed by atoms with Gasteiger partial charge in [-0.05, 0) is 68.9 Å². The molecule has 0 bridgehead atoms. The lowest BCUT2D eigenvalue weighted by molar-refractivity contribution is -0.141. The summed E-state index contributed by atoms with van der Waals surface area (Å²) in [5.74, 6) is 0.626. The van der Waals surface area contributed by atoms with Crippen molar-refractivity contribution in [1.82, 2.24) is 10.2 Å². The van der Waals surface area contributed by atoms with Crippen molar-refractivity contribution in [2.24, 2.45) is 11.3 Å². The maximum Gasteiger partial charge on any atom is 0.315 e. The van der Waals surface area contributed by atoms with Crippen molar-refractivity contribution in [3.8, 4) is 29.0 Å². The molecule has 0 spiro atoms. The second-order valence-corrected chi connectivity index (χ2v) is 11.1. The topological polar surface area (TPSA) is 85.1 Å². The normalized spacial score (nSPS) is 18.8. The highest BCUT2D eigenvalue weighted by Crippen LogP contribution is 2.42. The molecule has 6 heteroatoms. The van der Waals surface area contributed by atoms with Crippen molar-refractivity contribution in [2.75, 3.05) is 6.61 Å². The number of hydrogen-bond acceptors (Lipinski definition) is 6. The molecule has 39 heavy (non-hydrogen) atoms. The van der Waals surface area contributed by atoms with Gasteiger partial charge in [-0.15, -0.1) is 10.2 Å². The number of hydrogen-bond donors (Lipinski definition) is 0. The molecule has 6 nitrogen and oxygen atoms in total. The zero-order valence-electron chi connectivity index (χ0n) is 24.1. The van der Waals surface area contributed by atoms with Gasteiger partial charge in [0.2, 0.25) is 5.88 Å². The van der Waals surface area contributed by atoms with Crippen LogP contribution in [0.25, 0.3) is 11.3 Å². The number of benzene rings is 1. The summed E-state index contributed by atoms with van der Waals surface area (Å²) in [5.41, 5.74) is 1.37. The molecule has 1 aliphatic rings. The highest BCUT2D eigenvalue weighted by molar-refractivity contribution is 5.75. The third kappa shape index (κ3) is 10.3. The van der Waals surface area contributed by atoms with Crippen molar-refractivity contribution < 1.29 is 14.3 Å². The van der Waals surface area contributed by atoms with E-state index < -0.39 is 0 Å². The molecule has 0 aliphatic heterocycles. The van der Waals surface area contributed by atoms with Crippen molar-refractivity contribution in [2.45, 2.75) is 117 Å². The van der Waals surface area contributed by atoms with Crippen LogP contribution in [0.5, 0.6) is 11.6 Å².